The van der Waals surface area contributed by atoms with Gasteiger partial charge >= 0.3 is 6.18 Å². The minimum atomic E-state index is -5.04. The highest BCUT2D eigenvalue weighted by molar-refractivity contribution is 6.36. The summed E-state index contributed by atoms with van der Waals surface area (Å²) in [5.41, 5.74) is -2.19. The molecule has 3 aliphatic carbocycles. The van der Waals surface area contributed by atoms with Crippen molar-refractivity contribution in [2.75, 3.05) is 0 Å². The Balaban J connectivity index is 1.26. The van der Waals surface area contributed by atoms with Gasteiger partial charge < -0.3 is 5.11 Å². The molecule has 0 radical (unpaired) electrons. The maximum atomic E-state index is 15.4. The molecule has 3 heterocycles. The van der Waals surface area contributed by atoms with E-state index < -0.39 is 82.8 Å². The third kappa shape index (κ3) is 7.52. The Morgan fingerprint density at radius 2 is 1.72 bits per heavy atom. The van der Waals surface area contributed by atoms with Crippen molar-refractivity contribution >= 4 is 34.1 Å². The van der Waals surface area contributed by atoms with Crippen molar-refractivity contribution in [3.05, 3.63) is 98.7 Å². The number of carbonyl (C=O) groups is 2. The first-order valence-corrected chi connectivity index (χ1v) is 19.0. The Labute approximate surface area is 332 Å². The van der Waals surface area contributed by atoms with Crippen molar-refractivity contribution in [2.45, 2.75) is 88.5 Å². The lowest BCUT2D eigenvalue weighted by Gasteiger charge is -2.22. The number of carbonyl (C=O) groups excluding carboxylic acids is 2. The van der Waals surface area contributed by atoms with E-state index >= 15 is 8.78 Å². The van der Waals surface area contributed by atoms with Gasteiger partial charge in [0.2, 0.25) is 0 Å². The molecule has 3 atom stereocenters. The average molecular weight is 826 g/mol. The first-order valence-electron chi connectivity index (χ1n) is 18.7. The second kappa shape index (κ2) is 14.0. The Hall–Kier alpha value is -5.07. The Morgan fingerprint density at radius 1 is 1.03 bits per heavy atom. The summed E-state index contributed by atoms with van der Waals surface area (Å²) in [6.45, 7) is 1.97. The van der Waals surface area contributed by atoms with E-state index in [1.807, 2.05) is 0 Å². The van der Waals surface area contributed by atoms with Crippen LogP contribution in [0.4, 0.5) is 30.7 Å². The number of Topliss-reactive ketones (excluding diaryl/α,β-unsaturated/α-hetero) is 2. The number of aliphatic hydroxyl groups is 1. The lowest BCUT2D eigenvalue weighted by Crippen LogP contribution is -2.24. The molecule has 0 saturated heterocycles. The highest BCUT2D eigenvalue weighted by Gasteiger charge is 2.68. The second-order valence-electron chi connectivity index (χ2n) is 16.0. The number of halogens is 8. The van der Waals surface area contributed by atoms with E-state index in [1.165, 1.54) is 13.8 Å². The molecule has 1 N–H and O–H groups in total. The van der Waals surface area contributed by atoms with Crippen LogP contribution in [0, 0.1) is 35.3 Å². The fraction of sp³-hybridized carbons (Fsp3) is 0.405. The molecule has 8 nitrogen and oxygen atoms in total. The molecule has 0 bridgehead atoms. The smallest absolute Gasteiger partial charge is 0.378 e. The van der Waals surface area contributed by atoms with Gasteiger partial charge in [-0.1, -0.05) is 23.6 Å². The minimum Gasteiger partial charge on any atom is -0.378 e. The topological polar surface area (TPSA) is 103 Å². The van der Waals surface area contributed by atoms with Gasteiger partial charge in [0.1, 0.15) is 41.0 Å². The number of pyridine rings is 1. The lowest BCUT2D eigenvalue weighted by atomic mass is 9.86. The summed E-state index contributed by atoms with van der Waals surface area (Å²) < 4.78 is 104. The summed E-state index contributed by atoms with van der Waals surface area (Å²) in [5, 5.41) is 19.3. The highest BCUT2D eigenvalue weighted by Crippen LogP contribution is 2.68. The van der Waals surface area contributed by atoms with E-state index in [9.17, 15) is 36.6 Å². The summed E-state index contributed by atoms with van der Waals surface area (Å²) in [6.07, 6.45) is -4.31. The summed E-state index contributed by atoms with van der Waals surface area (Å²) in [6, 6.07) is 9.29. The fourth-order valence-electron chi connectivity index (χ4n) is 8.19. The highest BCUT2D eigenvalue weighted by atomic mass is 35.5. The molecular weight excluding hydrogens is 791 g/mol. The number of benzene rings is 2. The molecule has 2 aromatic carbocycles. The van der Waals surface area contributed by atoms with Crippen LogP contribution in [0.5, 0.6) is 0 Å². The average Bonchev–Trinajstić information content (AvgIpc) is 4.04. The first kappa shape index (κ1) is 39.7. The van der Waals surface area contributed by atoms with E-state index in [0.29, 0.717) is 43.5 Å². The van der Waals surface area contributed by atoms with Gasteiger partial charge in [-0.05, 0) is 87.3 Å². The van der Waals surface area contributed by atoms with E-state index in [4.69, 9.17) is 16.6 Å². The third-order valence-electron chi connectivity index (χ3n) is 10.9. The lowest BCUT2D eigenvalue weighted by molar-refractivity contribution is -0.142. The largest absolute Gasteiger partial charge is 0.435 e. The predicted octanol–water partition coefficient (Wildman–Crippen LogP) is 8.62. The maximum Gasteiger partial charge on any atom is 0.435 e. The maximum absolute atomic E-state index is 15.4. The van der Waals surface area contributed by atoms with Gasteiger partial charge in [-0.15, -0.1) is 0 Å². The van der Waals surface area contributed by atoms with Crippen LogP contribution in [-0.4, -0.2) is 46.8 Å². The molecule has 0 spiro atoms. The normalized spacial score (nSPS) is 18.8. The molecule has 0 aliphatic heterocycles. The predicted molar refractivity (Wildman–Crippen MR) is 198 cm³/mol. The van der Waals surface area contributed by atoms with Crippen LogP contribution in [0.3, 0.4) is 0 Å². The molecule has 3 aliphatic rings. The molecular formula is C42H35ClF7N5O3. The summed E-state index contributed by atoms with van der Waals surface area (Å²) >= 11 is 6.74. The molecule has 0 amide bonds. The van der Waals surface area contributed by atoms with E-state index in [0.717, 1.165) is 25.0 Å². The van der Waals surface area contributed by atoms with Crippen LogP contribution in [0.25, 0.3) is 22.0 Å². The van der Waals surface area contributed by atoms with Crippen LogP contribution >= 0.6 is 11.6 Å². The van der Waals surface area contributed by atoms with Crippen molar-refractivity contribution < 1.29 is 45.4 Å². The molecule has 302 valence electrons. The molecule has 2 fully saturated rings. The second-order valence-corrected chi connectivity index (χ2v) is 16.4. The van der Waals surface area contributed by atoms with Crippen LogP contribution in [0.1, 0.15) is 91.0 Å². The number of rotatable bonds is 11. The van der Waals surface area contributed by atoms with Gasteiger partial charge in [0.05, 0.1) is 28.3 Å². The van der Waals surface area contributed by atoms with Gasteiger partial charge in [0, 0.05) is 59.4 Å². The number of fused-ring (bicyclic) bond motifs is 4. The number of aromatic nitrogens is 5. The molecule has 0 unspecified atom stereocenters. The van der Waals surface area contributed by atoms with Gasteiger partial charge in [0.15, 0.2) is 11.5 Å². The summed E-state index contributed by atoms with van der Waals surface area (Å²) in [7, 11) is 1.66. The summed E-state index contributed by atoms with van der Waals surface area (Å²) in [4.78, 5) is 31.8. The number of ketones is 2. The monoisotopic (exact) mass is 825 g/mol. The van der Waals surface area contributed by atoms with Gasteiger partial charge in [-0.3, -0.25) is 19.0 Å². The van der Waals surface area contributed by atoms with Crippen molar-refractivity contribution in [3.63, 3.8) is 0 Å². The SMILES string of the molecule is Cn1nc(CC(=O)C2CC2)c2c(Cl)ccc(-c3ccc(C#CC(C)(C)O)nc3[C@@H](CC(=O)Cn3nc(C(F)(F)F)c4c3C(F)(F)[C@@H]3C[C@H]43)Cc3cc(F)cc(F)c3)c21. The zero-order valence-corrected chi connectivity index (χ0v) is 32.1. The zero-order chi connectivity index (χ0) is 41.6. The number of aryl methyl sites for hydroxylation is 1. The Bertz CT molecular complexity index is 2570. The van der Waals surface area contributed by atoms with E-state index in [1.54, 1.807) is 36.0 Å². The first-order chi connectivity index (χ1) is 27.2. The Kier molecular flexibility index (Phi) is 9.62. The van der Waals surface area contributed by atoms with E-state index in [-0.39, 0.29) is 47.9 Å². The quantitative estimate of drug-likeness (QED) is 0.106. The number of alkyl halides is 5. The molecule has 5 aromatic rings. The van der Waals surface area contributed by atoms with Crippen LogP contribution in [0.15, 0.2) is 42.5 Å². The third-order valence-corrected chi connectivity index (χ3v) is 11.2. The molecule has 58 heavy (non-hydrogen) atoms. The van der Waals surface area contributed by atoms with Gasteiger partial charge in [-0.2, -0.15) is 32.1 Å². The zero-order valence-electron chi connectivity index (χ0n) is 31.3. The number of hydrogen-bond donors (Lipinski definition) is 1. The number of hydrogen-bond acceptors (Lipinski definition) is 6. The minimum absolute atomic E-state index is 0.0273. The van der Waals surface area contributed by atoms with Crippen molar-refractivity contribution in [3.8, 4) is 23.0 Å². The van der Waals surface area contributed by atoms with Gasteiger partial charge in [-0.25, -0.2) is 13.8 Å². The summed E-state index contributed by atoms with van der Waals surface area (Å²) in [5.74, 6) is -4.21. The molecule has 3 aromatic heterocycles. The van der Waals surface area contributed by atoms with Crippen LogP contribution < -0.4 is 0 Å². The fourth-order valence-corrected chi connectivity index (χ4v) is 8.45. The molecule has 8 rings (SSSR count). The van der Waals surface area contributed by atoms with Crippen LogP contribution in [-0.2, 0) is 48.1 Å². The van der Waals surface area contributed by atoms with Crippen molar-refractivity contribution in [2.24, 2.45) is 18.9 Å². The van der Waals surface area contributed by atoms with Crippen LogP contribution in [0.2, 0.25) is 5.02 Å². The van der Waals surface area contributed by atoms with Crippen molar-refractivity contribution in [1.82, 2.24) is 24.5 Å². The van der Waals surface area contributed by atoms with Gasteiger partial charge in [0.25, 0.3) is 5.92 Å². The molecule has 2 saturated carbocycles. The van der Waals surface area contributed by atoms with E-state index in [2.05, 4.69) is 22.0 Å². The number of nitrogens with zero attached hydrogens (tertiary/aromatic N) is 5. The molecule has 16 heteroatoms. The van der Waals surface area contributed by atoms with Crippen molar-refractivity contribution in [1.29, 1.82) is 0 Å². The Morgan fingerprint density at radius 3 is 2.38 bits per heavy atom. The standard InChI is InChI=1S/C42H35ClF7N5O3/c1-40(2,58)11-10-25-6-7-27(28-8-9-31(43)35-32(52-54(3)37(28)35)18-33(57)21-4-5-21)36(51-25)22(12-20-13-23(44)16-24(45)14-20)15-26(56)19-55-39-34(38(53-55)42(48,49)50)29-17-30(29)41(39,46)47/h6-9,13-14,16,21-22,29-30,58H,4-5,12,15,17-19H2,1-3H3/t22-,29+,30-/m1/s1.